The summed E-state index contributed by atoms with van der Waals surface area (Å²) in [6, 6.07) is 14.3. The monoisotopic (exact) mass is 381 g/mol. The van der Waals surface area contributed by atoms with Gasteiger partial charge in [-0.25, -0.2) is 0 Å². The van der Waals surface area contributed by atoms with Crippen LogP contribution < -0.4 is 15.0 Å². The maximum Gasteiger partial charge on any atom is 0.238 e. The highest BCUT2D eigenvalue weighted by molar-refractivity contribution is 5.92. The molecule has 1 aliphatic rings. The highest BCUT2D eigenvalue weighted by Gasteiger charge is 2.13. The summed E-state index contributed by atoms with van der Waals surface area (Å²) in [4.78, 5) is 16.8. The van der Waals surface area contributed by atoms with Gasteiger partial charge in [-0.2, -0.15) is 0 Å². The topological polar surface area (TPSA) is 44.8 Å². The maximum atomic E-state index is 12.4. The number of amides is 1. The van der Waals surface area contributed by atoms with Crippen LogP contribution in [0.5, 0.6) is 5.75 Å². The molecule has 0 unspecified atom stereocenters. The van der Waals surface area contributed by atoms with E-state index in [4.69, 9.17) is 4.74 Å². The number of hydrogen-bond donors (Lipinski definition) is 1. The molecule has 1 N–H and O–H groups in total. The van der Waals surface area contributed by atoms with Crippen molar-refractivity contribution in [2.45, 2.75) is 32.7 Å². The maximum absolute atomic E-state index is 12.4. The molecule has 5 nitrogen and oxygen atoms in total. The number of nitrogens with zero attached hydrogens (tertiary/aromatic N) is 2. The lowest BCUT2D eigenvalue weighted by molar-refractivity contribution is -0.117. The van der Waals surface area contributed by atoms with Gasteiger partial charge in [0, 0.05) is 36.6 Å². The largest absolute Gasteiger partial charge is 0.496 e. The fraction of sp³-hybridized carbons (Fsp3) is 0.435. The average Bonchev–Trinajstić information content (AvgIpc) is 2.69. The lowest BCUT2D eigenvalue weighted by Gasteiger charge is -2.28. The van der Waals surface area contributed by atoms with E-state index in [1.165, 1.54) is 30.5 Å². The van der Waals surface area contributed by atoms with Gasteiger partial charge in [-0.05, 0) is 63.6 Å². The number of benzene rings is 2. The highest BCUT2D eigenvalue weighted by Crippen LogP contribution is 2.22. The molecule has 28 heavy (non-hydrogen) atoms. The minimum absolute atomic E-state index is 0.0140. The average molecular weight is 382 g/mol. The number of methoxy groups -OCH3 is 1. The molecule has 150 valence electrons. The Morgan fingerprint density at radius 2 is 1.82 bits per heavy atom. The zero-order chi connectivity index (χ0) is 19.9. The van der Waals surface area contributed by atoms with Gasteiger partial charge in [0.2, 0.25) is 5.91 Å². The summed E-state index contributed by atoms with van der Waals surface area (Å²) in [6.07, 6.45) is 3.85. The molecule has 1 amide bonds. The molecule has 0 bridgehead atoms. The molecule has 1 saturated heterocycles. The number of anilines is 2. The second-order valence-corrected chi connectivity index (χ2v) is 7.63. The predicted octanol–water partition coefficient (Wildman–Crippen LogP) is 4.06. The van der Waals surface area contributed by atoms with E-state index in [-0.39, 0.29) is 5.91 Å². The smallest absolute Gasteiger partial charge is 0.238 e. The molecule has 0 spiro atoms. The van der Waals surface area contributed by atoms with Crippen molar-refractivity contribution < 1.29 is 9.53 Å². The molecular formula is C23H31N3O2. The summed E-state index contributed by atoms with van der Waals surface area (Å²) in [6.45, 7) is 5.29. The highest BCUT2D eigenvalue weighted by atomic mass is 16.5. The Hall–Kier alpha value is -2.53. The number of hydrogen-bond acceptors (Lipinski definition) is 4. The Kier molecular flexibility index (Phi) is 6.93. The number of piperidine rings is 1. The van der Waals surface area contributed by atoms with E-state index in [9.17, 15) is 4.79 Å². The molecule has 2 aromatic carbocycles. The fourth-order valence-corrected chi connectivity index (χ4v) is 3.73. The summed E-state index contributed by atoms with van der Waals surface area (Å²) >= 11 is 0. The second-order valence-electron chi connectivity index (χ2n) is 7.63. The van der Waals surface area contributed by atoms with E-state index >= 15 is 0 Å². The molecule has 0 aliphatic carbocycles. The van der Waals surface area contributed by atoms with Crippen LogP contribution in [0.2, 0.25) is 0 Å². The van der Waals surface area contributed by atoms with Crippen LogP contribution in [0, 0.1) is 6.92 Å². The Morgan fingerprint density at radius 3 is 2.50 bits per heavy atom. The van der Waals surface area contributed by atoms with E-state index in [0.29, 0.717) is 13.1 Å². The van der Waals surface area contributed by atoms with Crippen molar-refractivity contribution in [1.29, 1.82) is 0 Å². The van der Waals surface area contributed by atoms with Crippen LogP contribution in [-0.2, 0) is 11.3 Å². The first-order valence-corrected chi connectivity index (χ1v) is 10.0. The van der Waals surface area contributed by atoms with Crippen LogP contribution in [-0.4, -0.2) is 44.6 Å². The van der Waals surface area contributed by atoms with E-state index in [1.807, 2.05) is 36.2 Å². The summed E-state index contributed by atoms with van der Waals surface area (Å²) in [5.41, 5.74) is 4.35. The third kappa shape index (κ3) is 5.49. The normalized spacial score (nSPS) is 14.2. The van der Waals surface area contributed by atoms with Crippen LogP contribution in [0.1, 0.15) is 30.4 Å². The van der Waals surface area contributed by atoms with Gasteiger partial charge in [-0.1, -0.05) is 17.7 Å². The Balaban J connectivity index is 1.52. The van der Waals surface area contributed by atoms with Crippen molar-refractivity contribution in [2.24, 2.45) is 0 Å². The van der Waals surface area contributed by atoms with Crippen LogP contribution >= 0.6 is 0 Å². The number of ether oxygens (including phenoxy) is 1. The zero-order valence-electron chi connectivity index (χ0n) is 17.2. The van der Waals surface area contributed by atoms with Gasteiger partial charge >= 0.3 is 0 Å². The second kappa shape index (κ2) is 9.60. The molecule has 0 saturated carbocycles. The molecule has 0 aromatic heterocycles. The number of aryl methyl sites for hydroxylation is 1. The number of nitrogens with one attached hydrogen (secondary N) is 1. The summed E-state index contributed by atoms with van der Waals surface area (Å²) < 4.78 is 5.43. The number of carbonyl (C=O) groups excluding carboxylic acids is 1. The zero-order valence-corrected chi connectivity index (χ0v) is 17.2. The summed E-state index contributed by atoms with van der Waals surface area (Å²) in [5.74, 6) is 0.839. The van der Waals surface area contributed by atoms with Crippen LogP contribution in [0.4, 0.5) is 11.4 Å². The van der Waals surface area contributed by atoms with Crippen molar-refractivity contribution in [1.82, 2.24) is 4.90 Å². The van der Waals surface area contributed by atoms with Gasteiger partial charge in [-0.3, -0.25) is 9.69 Å². The Bertz CT molecular complexity index is 783. The standard InChI is InChI=1S/C23H31N3O2/c1-18-7-12-22(28-3)19(15-18)16-25(2)17-23(27)24-20-8-10-21(11-9-20)26-13-5-4-6-14-26/h7-12,15H,4-6,13-14,16-17H2,1-3H3,(H,24,27). The van der Waals surface area contributed by atoms with Crippen molar-refractivity contribution in [3.63, 3.8) is 0 Å². The van der Waals surface area contributed by atoms with Crippen molar-refractivity contribution in [3.8, 4) is 5.75 Å². The Labute approximate surface area is 168 Å². The van der Waals surface area contributed by atoms with Gasteiger partial charge in [0.25, 0.3) is 0 Å². The fourth-order valence-electron chi connectivity index (χ4n) is 3.73. The molecule has 0 radical (unpaired) electrons. The van der Waals surface area contributed by atoms with Crippen LogP contribution in [0.3, 0.4) is 0 Å². The lowest BCUT2D eigenvalue weighted by Crippen LogP contribution is -2.30. The lowest BCUT2D eigenvalue weighted by atomic mass is 10.1. The van der Waals surface area contributed by atoms with Crippen molar-refractivity contribution >= 4 is 17.3 Å². The van der Waals surface area contributed by atoms with Gasteiger partial charge in [0.05, 0.1) is 13.7 Å². The van der Waals surface area contributed by atoms with E-state index < -0.39 is 0 Å². The van der Waals surface area contributed by atoms with E-state index in [0.717, 1.165) is 30.1 Å². The molecule has 2 aromatic rings. The van der Waals surface area contributed by atoms with Gasteiger partial charge in [0.1, 0.15) is 5.75 Å². The number of likely N-dealkylation sites (N-methyl/N-ethyl adjacent to an activating group) is 1. The molecule has 1 heterocycles. The quantitative estimate of drug-likeness (QED) is 0.785. The minimum atomic E-state index is -0.0140. The molecule has 3 rings (SSSR count). The number of carbonyl (C=O) groups is 1. The SMILES string of the molecule is COc1ccc(C)cc1CN(C)CC(=O)Nc1ccc(N2CCCCC2)cc1. The molecule has 1 aliphatic heterocycles. The van der Waals surface area contributed by atoms with E-state index in [2.05, 4.69) is 35.3 Å². The first kappa shape index (κ1) is 20.2. The van der Waals surface area contributed by atoms with Crippen molar-refractivity contribution in [2.75, 3.05) is 44.0 Å². The molecule has 0 atom stereocenters. The first-order valence-electron chi connectivity index (χ1n) is 10.0. The van der Waals surface area contributed by atoms with E-state index in [1.54, 1.807) is 7.11 Å². The molecular weight excluding hydrogens is 350 g/mol. The Morgan fingerprint density at radius 1 is 1.11 bits per heavy atom. The minimum Gasteiger partial charge on any atom is -0.496 e. The van der Waals surface area contributed by atoms with Gasteiger partial charge in [0.15, 0.2) is 0 Å². The van der Waals surface area contributed by atoms with Gasteiger partial charge < -0.3 is 15.0 Å². The van der Waals surface area contributed by atoms with Crippen LogP contribution in [0.15, 0.2) is 42.5 Å². The third-order valence-corrected chi connectivity index (χ3v) is 5.16. The number of rotatable bonds is 7. The predicted molar refractivity (Wildman–Crippen MR) is 115 cm³/mol. The van der Waals surface area contributed by atoms with Crippen LogP contribution in [0.25, 0.3) is 0 Å². The first-order chi connectivity index (χ1) is 13.5. The molecule has 1 fully saturated rings. The third-order valence-electron chi connectivity index (χ3n) is 5.16. The molecule has 5 heteroatoms. The summed E-state index contributed by atoms with van der Waals surface area (Å²) in [7, 11) is 3.62. The van der Waals surface area contributed by atoms with Crippen molar-refractivity contribution in [3.05, 3.63) is 53.6 Å². The van der Waals surface area contributed by atoms with Gasteiger partial charge in [-0.15, -0.1) is 0 Å². The summed E-state index contributed by atoms with van der Waals surface area (Å²) in [5, 5.41) is 3.00.